The molecule has 1 N–H and O–H groups in total. The molecule has 0 saturated heterocycles. The third-order valence-electron chi connectivity index (χ3n) is 2.52. The Kier molecular flexibility index (Phi) is 4.55. The van der Waals surface area contributed by atoms with E-state index in [0.29, 0.717) is 5.15 Å². The van der Waals surface area contributed by atoms with Crippen molar-refractivity contribution >= 4 is 39.0 Å². The first-order valence-corrected chi connectivity index (χ1v) is 6.90. The molecule has 0 aliphatic carbocycles. The zero-order chi connectivity index (χ0) is 13.0. The molecule has 0 amide bonds. The van der Waals surface area contributed by atoms with Crippen LogP contribution in [-0.4, -0.2) is 9.97 Å². The summed E-state index contributed by atoms with van der Waals surface area (Å²) in [7, 11) is 0. The van der Waals surface area contributed by atoms with Gasteiger partial charge in [0.25, 0.3) is 0 Å². The number of nitrogens with zero attached hydrogens (tertiary/aromatic N) is 2. The van der Waals surface area contributed by atoms with Crippen molar-refractivity contribution in [2.75, 3.05) is 5.32 Å². The van der Waals surface area contributed by atoms with Crippen molar-refractivity contribution < 1.29 is 0 Å². The van der Waals surface area contributed by atoms with Crippen LogP contribution in [0.4, 0.5) is 11.5 Å². The number of aromatic nitrogens is 2. The Bertz CT molecular complexity index is 546. The van der Waals surface area contributed by atoms with Gasteiger partial charge in [0, 0.05) is 10.0 Å². The maximum atomic E-state index is 6.11. The van der Waals surface area contributed by atoms with E-state index in [1.807, 2.05) is 24.3 Å². The molecule has 1 aromatic heterocycles. The second-order valence-corrected chi connectivity index (χ2v) is 5.06. The lowest BCUT2D eigenvalue weighted by Crippen LogP contribution is -2.01. The monoisotopic (exact) mass is 325 g/mol. The highest BCUT2D eigenvalue weighted by Crippen LogP contribution is 2.28. The second-order valence-electron chi connectivity index (χ2n) is 3.85. The molecule has 0 spiro atoms. The van der Waals surface area contributed by atoms with Crippen LogP contribution in [0.25, 0.3) is 0 Å². The number of benzene rings is 1. The fourth-order valence-electron chi connectivity index (χ4n) is 1.66. The largest absolute Gasteiger partial charge is 0.339 e. The van der Waals surface area contributed by atoms with E-state index in [4.69, 9.17) is 11.6 Å². The van der Waals surface area contributed by atoms with Gasteiger partial charge in [0.2, 0.25) is 0 Å². The van der Waals surface area contributed by atoms with Gasteiger partial charge in [-0.1, -0.05) is 37.1 Å². The van der Waals surface area contributed by atoms with Gasteiger partial charge in [0.05, 0.1) is 5.69 Å². The molecule has 94 valence electrons. The van der Waals surface area contributed by atoms with Crippen molar-refractivity contribution in [1.29, 1.82) is 0 Å². The highest BCUT2D eigenvalue weighted by molar-refractivity contribution is 9.10. The van der Waals surface area contributed by atoms with Gasteiger partial charge in [-0.3, -0.25) is 0 Å². The SMILES string of the molecule is CCCc1c(Cl)ncnc1Nc1ccccc1Br. The molecule has 2 rings (SSSR count). The lowest BCUT2D eigenvalue weighted by atomic mass is 10.2. The Hall–Kier alpha value is -1.13. The van der Waals surface area contributed by atoms with Crippen LogP contribution in [0, 0.1) is 0 Å². The first kappa shape index (κ1) is 13.3. The Morgan fingerprint density at radius 2 is 2.06 bits per heavy atom. The van der Waals surface area contributed by atoms with E-state index in [0.717, 1.165) is 34.4 Å². The normalized spacial score (nSPS) is 10.4. The van der Waals surface area contributed by atoms with Crippen molar-refractivity contribution in [2.45, 2.75) is 19.8 Å². The standard InChI is InChI=1S/C13H13BrClN3/c1-2-5-9-12(15)16-8-17-13(9)18-11-7-4-3-6-10(11)14/h3-4,6-8H,2,5H2,1H3,(H,16,17,18). The summed E-state index contributed by atoms with van der Waals surface area (Å²) in [5, 5.41) is 3.80. The van der Waals surface area contributed by atoms with Crippen LogP contribution in [0.15, 0.2) is 35.1 Å². The van der Waals surface area contributed by atoms with E-state index < -0.39 is 0 Å². The summed E-state index contributed by atoms with van der Waals surface area (Å²) in [6.07, 6.45) is 3.32. The Labute approximate surface area is 120 Å². The van der Waals surface area contributed by atoms with E-state index in [-0.39, 0.29) is 0 Å². The molecule has 0 saturated carbocycles. The lowest BCUT2D eigenvalue weighted by molar-refractivity contribution is 0.904. The van der Waals surface area contributed by atoms with Crippen LogP contribution in [0.5, 0.6) is 0 Å². The van der Waals surface area contributed by atoms with E-state index in [2.05, 4.69) is 38.1 Å². The fourth-order valence-corrected chi connectivity index (χ4v) is 2.27. The molecule has 0 bridgehead atoms. The third-order valence-corrected chi connectivity index (χ3v) is 3.54. The van der Waals surface area contributed by atoms with E-state index in [1.165, 1.54) is 6.33 Å². The number of hydrogen-bond acceptors (Lipinski definition) is 3. The summed E-state index contributed by atoms with van der Waals surface area (Å²) >= 11 is 9.61. The van der Waals surface area contributed by atoms with Crippen LogP contribution in [0.3, 0.4) is 0 Å². The fraction of sp³-hybridized carbons (Fsp3) is 0.231. The minimum absolute atomic E-state index is 0.515. The lowest BCUT2D eigenvalue weighted by Gasteiger charge is -2.12. The number of anilines is 2. The molecule has 1 heterocycles. The van der Waals surface area contributed by atoms with Crippen LogP contribution >= 0.6 is 27.5 Å². The maximum absolute atomic E-state index is 6.11. The number of halogens is 2. The Morgan fingerprint density at radius 3 is 2.78 bits per heavy atom. The van der Waals surface area contributed by atoms with Gasteiger partial charge < -0.3 is 5.32 Å². The smallest absolute Gasteiger partial charge is 0.138 e. The van der Waals surface area contributed by atoms with Gasteiger partial charge in [-0.15, -0.1) is 0 Å². The predicted molar refractivity (Wildman–Crippen MR) is 78.5 cm³/mol. The van der Waals surface area contributed by atoms with Crippen LogP contribution in [0.1, 0.15) is 18.9 Å². The van der Waals surface area contributed by atoms with Crippen LogP contribution in [0.2, 0.25) is 5.15 Å². The molecule has 0 unspecified atom stereocenters. The van der Waals surface area contributed by atoms with Crippen LogP contribution < -0.4 is 5.32 Å². The summed E-state index contributed by atoms with van der Waals surface area (Å²) in [6.45, 7) is 2.10. The minimum atomic E-state index is 0.515. The molecule has 1 aromatic carbocycles. The molecule has 0 radical (unpaired) electrons. The van der Waals surface area contributed by atoms with Gasteiger partial charge in [0.1, 0.15) is 17.3 Å². The number of nitrogens with one attached hydrogen (secondary N) is 1. The van der Waals surface area contributed by atoms with Gasteiger partial charge in [-0.05, 0) is 34.5 Å². The Balaban J connectivity index is 2.34. The molecule has 0 aliphatic heterocycles. The topological polar surface area (TPSA) is 37.8 Å². The van der Waals surface area contributed by atoms with Gasteiger partial charge in [-0.2, -0.15) is 0 Å². The molecule has 5 heteroatoms. The number of hydrogen-bond donors (Lipinski definition) is 1. The predicted octanol–water partition coefficient (Wildman–Crippen LogP) is 4.59. The first-order chi connectivity index (χ1) is 8.72. The molecule has 0 fully saturated rings. The zero-order valence-electron chi connectivity index (χ0n) is 9.95. The zero-order valence-corrected chi connectivity index (χ0v) is 12.3. The molecular weight excluding hydrogens is 314 g/mol. The van der Waals surface area contributed by atoms with Crippen molar-refractivity contribution in [3.63, 3.8) is 0 Å². The summed E-state index contributed by atoms with van der Waals surface area (Å²) < 4.78 is 0.988. The molecular formula is C13H13BrClN3. The van der Waals surface area contributed by atoms with E-state index in [9.17, 15) is 0 Å². The van der Waals surface area contributed by atoms with Gasteiger partial charge in [0.15, 0.2) is 0 Å². The van der Waals surface area contributed by atoms with Gasteiger partial charge in [-0.25, -0.2) is 9.97 Å². The van der Waals surface area contributed by atoms with Crippen molar-refractivity contribution in [3.8, 4) is 0 Å². The van der Waals surface area contributed by atoms with Crippen LogP contribution in [-0.2, 0) is 6.42 Å². The van der Waals surface area contributed by atoms with E-state index in [1.54, 1.807) is 0 Å². The summed E-state index contributed by atoms with van der Waals surface area (Å²) in [6, 6.07) is 7.89. The third kappa shape index (κ3) is 3.00. The Morgan fingerprint density at radius 1 is 1.28 bits per heavy atom. The number of rotatable bonds is 4. The summed E-state index contributed by atoms with van der Waals surface area (Å²) in [4.78, 5) is 8.29. The summed E-state index contributed by atoms with van der Waals surface area (Å²) in [5.41, 5.74) is 1.92. The van der Waals surface area contributed by atoms with Crippen molar-refractivity contribution in [1.82, 2.24) is 9.97 Å². The molecule has 3 nitrogen and oxygen atoms in total. The molecule has 2 aromatic rings. The quantitative estimate of drug-likeness (QED) is 0.835. The highest BCUT2D eigenvalue weighted by Gasteiger charge is 2.10. The molecule has 0 atom stereocenters. The summed E-state index contributed by atoms with van der Waals surface area (Å²) in [5.74, 6) is 0.767. The van der Waals surface area contributed by atoms with Crippen molar-refractivity contribution in [2.24, 2.45) is 0 Å². The molecule has 0 aliphatic rings. The first-order valence-electron chi connectivity index (χ1n) is 5.73. The highest BCUT2D eigenvalue weighted by atomic mass is 79.9. The maximum Gasteiger partial charge on any atom is 0.138 e. The van der Waals surface area contributed by atoms with E-state index >= 15 is 0 Å². The minimum Gasteiger partial charge on any atom is -0.339 e. The molecule has 18 heavy (non-hydrogen) atoms. The number of para-hydroxylation sites is 1. The average Bonchev–Trinajstić information content (AvgIpc) is 2.36. The average molecular weight is 327 g/mol. The van der Waals surface area contributed by atoms with Gasteiger partial charge >= 0.3 is 0 Å². The second kappa shape index (κ2) is 6.16. The van der Waals surface area contributed by atoms with Crippen molar-refractivity contribution in [3.05, 3.63) is 45.8 Å².